The molecule has 156 valence electrons. The van der Waals surface area contributed by atoms with E-state index >= 15 is 0 Å². The zero-order chi connectivity index (χ0) is 21.7. The van der Waals surface area contributed by atoms with E-state index in [1.54, 1.807) is 24.5 Å². The average Bonchev–Trinajstić information content (AvgIpc) is 2.89. The molecular formula is C22H25N5O3. The normalized spacial score (nSPS) is 15.1. The molecule has 0 spiro atoms. The molecule has 30 heavy (non-hydrogen) atoms. The van der Waals surface area contributed by atoms with Gasteiger partial charge in [0.05, 0.1) is 17.6 Å². The van der Waals surface area contributed by atoms with Crippen LogP contribution in [0.15, 0.2) is 30.6 Å². The maximum atomic E-state index is 12.0. The highest BCUT2D eigenvalue weighted by Crippen LogP contribution is 2.36. The molecule has 8 nitrogen and oxygen atoms in total. The number of hydrogen-bond donors (Lipinski definition) is 2. The van der Waals surface area contributed by atoms with Gasteiger partial charge in [-0.05, 0) is 63.8 Å². The molecule has 4 rings (SSSR count). The number of ether oxygens (including phenoxy) is 2. The van der Waals surface area contributed by atoms with E-state index in [4.69, 9.17) is 15.2 Å². The molecular weight excluding hydrogens is 382 g/mol. The highest BCUT2D eigenvalue weighted by molar-refractivity contribution is 5.94. The van der Waals surface area contributed by atoms with Gasteiger partial charge in [-0.1, -0.05) is 0 Å². The molecule has 3 aromatic heterocycles. The molecule has 0 aliphatic carbocycles. The van der Waals surface area contributed by atoms with E-state index in [0.717, 1.165) is 16.3 Å². The molecule has 1 aliphatic rings. The van der Waals surface area contributed by atoms with Crippen LogP contribution < -0.4 is 15.8 Å². The van der Waals surface area contributed by atoms with Crippen LogP contribution in [0, 0.1) is 0 Å². The third-order valence-corrected chi connectivity index (χ3v) is 5.00. The van der Waals surface area contributed by atoms with E-state index in [0.29, 0.717) is 35.4 Å². The Hall–Kier alpha value is -3.26. The maximum Gasteiger partial charge on any atom is 0.341 e. The summed E-state index contributed by atoms with van der Waals surface area (Å²) >= 11 is 0. The number of anilines is 2. The summed E-state index contributed by atoms with van der Waals surface area (Å²) in [6.45, 7) is 9.91. The lowest BCUT2D eigenvalue weighted by molar-refractivity contribution is 0.00834. The molecule has 0 unspecified atom stereocenters. The van der Waals surface area contributed by atoms with Crippen LogP contribution in [-0.2, 0) is 15.9 Å². The van der Waals surface area contributed by atoms with E-state index in [2.05, 4.69) is 20.3 Å². The second-order valence-electron chi connectivity index (χ2n) is 8.36. The SMILES string of the molecule is CCOc1ncc(C(C)(C)N)c2cc(Nc3ccc4c(n3)C(C)(C)OC4=O)ncc12. The van der Waals surface area contributed by atoms with Gasteiger partial charge in [-0.2, -0.15) is 0 Å². The summed E-state index contributed by atoms with van der Waals surface area (Å²) in [5.74, 6) is 1.33. The van der Waals surface area contributed by atoms with Gasteiger partial charge < -0.3 is 20.5 Å². The number of carbonyl (C=O) groups excluding carboxylic acids is 1. The van der Waals surface area contributed by atoms with Crippen molar-refractivity contribution in [1.82, 2.24) is 15.0 Å². The summed E-state index contributed by atoms with van der Waals surface area (Å²) in [6.07, 6.45) is 3.46. The van der Waals surface area contributed by atoms with Crippen LogP contribution in [0.1, 0.15) is 56.2 Å². The van der Waals surface area contributed by atoms with Crippen molar-refractivity contribution in [1.29, 1.82) is 0 Å². The standard InChI is InChI=1S/C22H25N5O3/c1-6-29-19-14-10-24-17(9-13(14)15(11-25-19)21(2,3)23)26-16-8-7-12-18(27-16)22(4,5)30-20(12)28/h7-11H,6,23H2,1-5H3,(H,24,26,27). The van der Waals surface area contributed by atoms with Gasteiger partial charge in [0.25, 0.3) is 0 Å². The number of aromatic nitrogens is 3. The maximum absolute atomic E-state index is 12.0. The number of nitrogens with zero attached hydrogens (tertiary/aromatic N) is 3. The van der Waals surface area contributed by atoms with Crippen molar-refractivity contribution in [3.8, 4) is 5.88 Å². The number of cyclic esters (lactones) is 1. The molecule has 4 heterocycles. The van der Waals surface area contributed by atoms with Crippen LogP contribution in [-0.4, -0.2) is 27.5 Å². The van der Waals surface area contributed by atoms with Gasteiger partial charge in [-0.25, -0.2) is 19.7 Å². The fraction of sp³-hybridized carbons (Fsp3) is 0.364. The minimum absolute atomic E-state index is 0.358. The number of rotatable bonds is 5. The molecule has 3 N–H and O–H groups in total. The fourth-order valence-corrected chi connectivity index (χ4v) is 3.56. The first-order valence-corrected chi connectivity index (χ1v) is 9.83. The third-order valence-electron chi connectivity index (χ3n) is 5.00. The summed E-state index contributed by atoms with van der Waals surface area (Å²) in [6, 6.07) is 5.36. The van der Waals surface area contributed by atoms with Gasteiger partial charge in [0.15, 0.2) is 0 Å². The summed E-state index contributed by atoms with van der Waals surface area (Å²) in [5.41, 5.74) is 6.98. The van der Waals surface area contributed by atoms with Crippen molar-refractivity contribution in [2.75, 3.05) is 11.9 Å². The molecule has 3 aromatic rings. The third kappa shape index (κ3) is 3.43. The Balaban J connectivity index is 1.77. The van der Waals surface area contributed by atoms with Gasteiger partial charge in [0, 0.05) is 17.9 Å². The van der Waals surface area contributed by atoms with Crippen LogP contribution in [0.3, 0.4) is 0 Å². The summed E-state index contributed by atoms with van der Waals surface area (Å²) in [7, 11) is 0. The molecule has 0 bridgehead atoms. The number of fused-ring (bicyclic) bond motifs is 2. The number of esters is 1. The van der Waals surface area contributed by atoms with E-state index in [9.17, 15) is 4.79 Å². The lowest BCUT2D eigenvalue weighted by atomic mass is 9.93. The average molecular weight is 407 g/mol. The van der Waals surface area contributed by atoms with Gasteiger partial charge in [0.1, 0.15) is 22.9 Å². The quantitative estimate of drug-likeness (QED) is 0.615. The molecule has 0 amide bonds. The largest absolute Gasteiger partial charge is 0.477 e. The number of carbonyl (C=O) groups is 1. The molecule has 0 aromatic carbocycles. The Bertz CT molecular complexity index is 1150. The first-order valence-electron chi connectivity index (χ1n) is 9.83. The zero-order valence-corrected chi connectivity index (χ0v) is 17.7. The van der Waals surface area contributed by atoms with Gasteiger partial charge in [-0.15, -0.1) is 0 Å². The summed E-state index contributed by atoms with van der Waals surface area (Å²) in [4.78, 5) is 25.5. The molecule has 0 atom stereocenters. The number of hydrogen-bond acceptors (Lipinski definition) is 8. The predicted octanol–water partition coefficient (Wildman–Crippen LogP) is 3.77. The molecule has 0 saturated carbocycles. The van der Waals surface area contributed by atoms with Gasteiger partial charge in [0.2, 0.25) is 5.88 Å². The topological polar surface area (TPSA) is 112 Å². The predicted molar refractivity (Wildman–Crippen MR) is 114 cm³/mol. The smallest absolute Gasteiger partial charge is 0.341 e. The Labute approximate surface area is 174 Å². The second kappa shape index (κ2) is 6.91. The number of pyridine rings is 3. The Morgan fingerprint density at radius 2 is 1.93 bits per heavy atom. The van der Waals surface area contributed by atoms with Crippen LogP contribution in [0.2, 0.25) is 0 Å². The molecule has 8 heteroatoms. The van der Waals surface area contributed by atoms with Crippen molar-refractivity contribution in [2.24, 2.45) is 5.73 Å². The summed E-state index contributed by atoms with van der Waals surface area (Å²) in [5, 5.41) is 4.91. The highest BCUT2D eigenvalue weighted by atomic mass is 16.6. The van der Waals surface area contributed by atoms with Crippen LogP contribution >= 0.6 is 0 Å². The van der Waals surface area contributed by atoms with E-state index in [1.807, 2.05) is 40.7 Å². The lowest BCUT2D eigenvalue weighted by Gasteiger charge is -2.22. The van der Waals surface area contributed by atoms with E-state index < -0.39 is 11.1 Å². The summed E-state index contributed by atoms with van der Waals surface area (Å²) < 4.78 is 11.0. The lowest BCUT2D eigenvalue weighted by Crippen LogP contribution is -2.29. The van der Waals surface area contributed by atoms with Crippen molar-refractivity contribution in [3.05, 3.63) is 47.4 Å². The molecule has 0 radical (unpaired) electrons. The van der Waals surface area contributed by atoms with Crippen LogP contribution in [0.4, 0.5) is 11.6 Å². The van der Waals surface area contributed by atoms with Crippen molar-refractivity contribution < 1.29 is 14.3 Å². The number of nitrogens with one attached hydrogen (secondary N) is 1. The second-order valence-corrected chi connectivity index (χ2v) is 8.36. The zero-order valence-electron chi connectivity index (χ0n) is 17.7. The minimum Gasteiger partial charge on any atom is -0.477 e. The Morgan fingerprint density at radius 3 is 2.63 bits per heavy atom. The fourth-order valence-electron chi connectivity index (χ4n) is 3.56. The highest BCUT2D eigenvalue weighted by Gasteiger charge is 2.39. The molecule has 0 saturated heterocycles. The van der Waals surface area contributed by atoms with Crippen molar-refractivity contribution in [2.45, 2.75) is 45.8 Å². The number of nitrogens with two attached hydrogens (primary N) is 1. The monoisotopic (exact) mass is 407 g/mol. The van der Waals surface area contributed by atoms with Gasteiger partial charge >= 0.3 is 5.97 Å². The van der Waals surface area contributed by atoms with Crippen molar-refractivity contribution in [3.63, 3.8) is 0 Å². The van der Waals surface area contributed by atoms with Crippen LogP contribution in [0.5, 0.6) is 5.88 Å². The Morgan fingerprint density at radius 1 is 1.17 bits per heavy atom. The minimum atomic E-state index is -0.768. The molecule has 1 aliphatic heterocycles. The van der Waals surface area contributed by atoms with E-state index in [-0.39, 0.29) is 5.97 Å². The molecule has 0 fully saturated rings. The van der Waals surface area contributed by atoms with Gasteiger partial charge in [-0.3, -0.25) is 0 Å². The van der Waals surface area contributed by atoms with Crippen LogP contribution in [0.25, 0.3) is 10.8 Å². The first kappa shape index (κ1) is 20.0. The van der Waals surface area contributed by atoms with E-state index in [1.165, 1.54) is 0 Å². The first-order chi connectivity index (χ1) is 14.1. The Kier molecular flexibility index (Phi) is 4.62. The van der Waals surface area contributed by atoms with Crippen molar-refractivity contribution >= 4 is 28.4 Å².